The van der Waals surface area contributed by atoms with Crippen molar-refractivity contribution in [2.75, 3.05) is 20.7 Å². The SMILES string of the molecule is COc1ccc2c3c1O[C@H]1C(=O)CC[C@@]4(O)[C@H](C2)N(C)CC[C@]314.O=C(O)c1ccc(C(=O)O)cc1. The van der Waals surface area contributed by atoms with E-state index in [1.54, 1.807) is 7.11 Å². The molecule has 0 aromatic heterocycles. The fourth-order valence-corrected chi connectivity index (χ4v) is 6.44. The number of rotatable bonds is 3. The first kappa shape index (κ1) is 23.3. The second kappa shape index (κ2) is 8.07. The fraction of sp³-hybridized carbons (Fsp3) is 0.423. The predicted molar refractivity (Wildman–Crippen MR) is 123 cm³/mol. The van der Waals surface area contributed by atoms with Gasteiger partial charge in [0.15, 0.2) is 23.4 Å². The van der Waals surface area contributed by atoms with Gasteiger partial charge in [0.2, 0.25) is 0 Å². The van der Waals surface area contributed by atoms with Gasteiger partial charge in [-0.15, -0.1) is 0 Å². The molecule has 4 aliphatic rings. The number of carboxylic acid groups (broad SMARTS) is 2. The molecule has 1 saturated carbocycles. The van der Waals surface area contributed by atoms with Crippen molar-refractivity contribution in [2.45, 2.75) is 48.8 Å². The number of aliphatic hydroxyl groups is 1. The minimum Gasteiger partial charge on any atom is -0.493 e. The number of carboxylic acids is 2. The number of Topliss-reactive ketones (excluding diaryl/α,β-unsaturated/α-hetero) is 1. The molecule has 2 aromatic rings. The molecule has 2 bridgehead atoms. The monoisotopic (exact) mass is 481 g/mol. The predicted octanol–water partition coefficient (Wildman–Crippen LogP) is 2.13. The Morgan fingerprint density at radius 3 is 2.26 bits per heavy atom. The highest BCUT2D eigenvalue weighted by Crippen LogP contribution is 2.64. The maximum absolute atomic E-state index is 12.7. The van der Waals surface area contributed by atoms with Crippen LogP contribution >= 0.6 is 0 Å². The van der Waals surface area contributed by atoms with Crippen LogP contribution < -0.4 is 9.47 Å². The molecule has 1 spiro atoms. The highest BCUT2D eigenvalue weighted by atomic mass is 16.5. The maximum Gasteiger partial charge on any atom is 0.335 e. The van der Waals surface area contributed by atoms with Gasteiger partial charge in [-0.1, -0.05) is 6.07 Å². The molecule has 0 radical (unpaired) electrons. The largest absolute Gasteiger partial charge is 0.493 e. The van der Waals surface area contributed by atoms with Crippen LogP contribution in [0.4, 0.5) is 0 Å². The third-order valence-electron chi connectivity index (χ3n) is 8.11. The zero-order valence-electron chi connectivity index (χ0n) is 19.5. The van der Waals surface area contributed by atoms with Gasteiger partial charge in [-0.2, -0.15) is 0 Å². The number of ketones is 1. The Hall–Kier alpha value is -3.43. The zero-order chi connectivity index (χ0) is 25.1. The molecule has 6 rings (SSSR count). The van der Waals surface area contributed by atoms with Crippen molar-refractivity contribution >= 4 is 17.7 Å². The van der Waals surface area contributed by atoms with E-state index in [0.717, 1.165) is 24.9 Å². The van der Waals surface area contributed by atoms with Gasteiger partial charge in [-0.3, -0.25) is 4.79 Å². The standard InChI is InChI=1S/C18H21NO4.C8H6O4/c1-19-8-7-17-14-10-3-4-12(22-2)15(14)23-16(17)11(20)5-6-18(17,21)13(19)9-10;9-7(10)5-1-2-6(4-3-5)8(11)12/h3-4,13,16,21H,5-9H2,1-2H3;1-4H,(H,9,10)(H,11,12)/t13-,16-,17-,18+;/m0./s1. The van der Waals surface area contributed by atoms with E-state index >= 15 is 0 Å². The van der Waals surface area contributed by atoms with Gasteiger partial charge in [0.1, 0.15) is 0 Å². The number of ether oxygens (including phenoxy) is 2. The molecule has 2 aliphatic carbocycles. The van der Waals surface area contributed by atoms with Crippen molar-refractivity contribution in [2.24, 2.45) is 0 Å². The summed E-state index contributed by atoms with van der Waals surface area (Å²) in [7, 11) is 3.70. The molecule has 2 heterocycles. The van der Waals surface area contributed by atoms with E-state index in [4.69, 9.17) is 19.7 Å². The first-order chi connectivity index (χ1) is 16.6. The highest BCUT2D eigenvalue weighted by Gasteiger charge is 2.72. The molecule has 2 fully saturated rings. The lowest BCUT2D eigenvalue weighted by Gasteiger charge is -2.62. The van der Waals surface area contributed by atoms with Crippen LogP contribution in [0.25, 0.3) is 0 Å². The summed E-state index contributed by atoms with van der Waals surface area (Å²) in [5.74, 6) is -0.658. The van der Waals surface area contributed by atoms with Crippen molar-refractivity contribution in [3.8, 4) is 11.5 Å². The fourth-order valence-electron chi connectivity index (χ4n) is 6.44. The Labute approximate surface area is 201 Å². The number of likely N-dealkylation sites (tertiary alicyclic amines) is 1. The van der Waals surface area contributed by atoms with Gasteiger partial charge in [-0.05, 0) is 68.8 Å². The molecule has 0 unspecified atom stereocenters. The molecule has 0 amide bonds. The smallest absolute Gasteiger partial charge is 0.335 e. The first-order valence-corrected chi connectivity index (χ1v) is 11.5. The van der Waals surface area contributed by atoms with Gasteiger partial charge in [0, 0.05) is 18.0 Å². The van der Waals surface area contributed by atoms with Gasteiger partial charge in [0.25, 0.3) is 0 Å². The van der Waals surface area contributed by atoms with Crippen molar-refractivity contribution in [1.82, 2.24) is 4.90 Å². The van der Waals surface area contributed by atoms with E-state index in [0.29, 0.717) is 24.3 Å². The molecule has 9 heteroatoms. The summed E-state index contributed by atoms with van der Waals surface area (Å²) in [6.07, 6.45) is 1.89. The van der Waals surface area contributed by atoms with Crippen LogP contribution in [0.3, 0.4) is 0 Å². The highest BCUT2D eigenvalue weighted by molar-refractivity contribution is 5.91. The van der Waals surface area contributed by atoms with Gasteiger partial charge < -0.3 is 29.7 Å². The van der Waals surface area contributed by atoms with Crippen LogP contribution in [0, 0.1) is 0 Å². The summed E-state index contributed by atoms with van der Waals surface area (Å²) in [6, 6.07) is 9.07. The van der Waals surface area contributed by atoms with Crippen LogP contribution in [0.2, 0.25) is 0 Å². The van der Waals surface area contributed by atoms with Crippen LogP contribution in [0.1, 0.15) is 51.1 Å². The van der Waals surface area contributed by atoms with Crippen molar-refractivity contribution in [1.29, 1.82) is 0 Å². The number of aromatic carboxylic acids is 2. The minimum atomic E-state index is -1.06. The van der Waals surface area contributed by atoms with Gasteiger partial charge in [0.05, 0.1) is 29.3 Å². The molecular formula is C26H27NO8. The summed E-state index contributed by atoms with van der Waals surface area (Å²) >= 11 is 0. The number of nitrogens with zero attached hydrogens (tertiary/aromatic N) is 1. The Morgan fingerprint density at radius 2 is 1.69 bits per heavy atom. The third-order valence-corrected chi connectivity index (χ3v) is 8.11. The van der Waals surface area contributed by atoms with Crippen LogP contribution in [0.15, 0.2) is 36.4 Å². The number of carbonyl (C=O) groups is 3. The zero-order valence-corrected chi connectivity index (χ0v) is 19.5. The summed E-state index contributed by atoms with van der Waals surface area (Å²) < 4.78 is 11.6. The number of likely N-dealkylation sites (N-methyl/N-ethyl adjacent to an activating group) is 1. The second-order valence-electron chi connectivity index (χ2n) is 9.63. The van der Waals surface area contributed by atoms with Gasteiger partial charge in [-0.25, -0.2) is 9.59 Å². The molecule has 1 saturated heterocycles. The quantitative estimate of drug-likeness (QED) is 0.603. The lowest BCUT2D eigenvalue weighted by atomic mass is 9.49. The van der Waals surface area contributed by atoms with Gasteiger partial charge >= 0.3 is 11.9 Å². The van der Waals surface area contributed by atoms with Crippen LogP contribution in [-0.2, 0) is 16.6 Å². The number of hydrogen-bond donors (Lipinski definition) is 3. The van der Waals surface area contributed by atoms with Crippen LogP contribution in [-0.4, -0.2) is 76.4 Å². The molecule has 2 aliphatic heterocycles. The second-order valence-corrected chi connectivity index (χ2v) is 9.63. The van der Waals surface area contributed by atoms with Crippen LogP contribution in [0.5, 0.6) is 11.5 Å². The van der Waals surface area contributed by atoms with E-state index in [-0.39, 0.29) is 23.0 Å². The third kappa shape index (κ3) is 3.18. The Bertz CT molecular complexity index is 1190. The topological polar surface area (TPSA) is 134 Å². The van der Waals surface area contributed by atoms with Crippen molar-refractivity contribution in [3.05, 3.63) is 58.7 Å². The first-order valence-electron chi connectivity index (χ1n) is 11.5. The minimum absolute atomic E-state index is 0.0438. The number of carbonyl (C=O) groups excluding carboxylic acids is 1. The average molecular weight is 482 g/mol. The molecule has 4 atom stereocenters. The van der Waals surface area contributed by atoms with E-state index in [1.807, 2.05) is 6.07 Å². The number of benzene rings is 2. The Morgan fingerprint density at radius 1 is 1.06 bits per heavy atom. The van der Waals surface area contributed by atoms with Crippen molar-refractivity contribution in [3.63, 3.8) is 0 Å². The summed E-state index contributed by atoms with van der Waals surface area (Å²) in [6.45, 7) is 0.871. The average Bonchev–Trinajstić information content (AvgIpc) is 3.20. The molecule has 35 heavy (non-hydrogen) atoms. The molecule has 3 N–H and O–H groups in total. The normalized spacial score (nSPS) is 29.9. The molecular weight excluding hydrogens is 454 g/mol. The molecule has 2 aromatic carbocycles. The Kier molecular flexibility index (Phi) is 5.37. The van der Waals surface area contributed by atoms with E-state index in [1.165, 1.54) is 29.8 Å². The lowest BCUT2D eigenvalue weighted by molar-refractivity contribution is -0.185. The molecule has 184 valence electrons. The number of piperidine rings is 1. The summed E-state index contributed by atoms with van der Waals surface area (Å²) in [4.78, 5) is 35.6. The molecule has 9 nitrogen and oxygen atoms in total. The van der Waals surface area contributed by atoms with E-state index < -0.39 is 29.1 Å². The summed E-state index contributed by atoms with van der Waals surface area (Å²) in [5.41, 5.74) is 0.904. The lowest BCUT2D eigenvalue weighted by Crippen LogP contribution is -2.76. The number of hydrogen-bond acceptors (Lipinski definition) is 7. The van der Waals surface area contributed by atoms with E-state index in [2.05, 4.69) is 18.0 Å². The number of methoxy groups -OCH3 is 1. The van der Waals surface area contributed by atoms with Crippen molar-refractivity contribution < 1.29 is 39.2 Å². The van der Waals surface area contributed by atoms with E-state index in [9.17, 15) is 19.5 Å². The maximum atomic E-state index is 12.7. The summed E-state index contributed by atoms with van der Waals surface area (Å²) in [5, 5.41) is 28.7. The Balaban J connectivity index is 0.000000180.